The van der Waals surface area contributed by atoms with Crippen LogP contribution >= 0.6 is 0 Å². The smallest absolute Gasteiger partial charge is 0.408 e. The largest absolute Gasteiger partial charge is 0.419 e. The molecular weight excluding hydrogens is 201 g/mol. The number of rotatable bonds is 2. The first-order chi connectivity index (χ1) is 7.15. The number of hydrogen-bond acceptors (Lipinski definition) is 3. The Morgan fingerprint density at radius 2 is 2.27 bits per heavy atom. The van der Waals surface area contributed by atoms with Crippen molar-refractivity contribution in [3.63, 3.8) is 0 Å². The Bertz CT molecular complexity index is 582. The summed E-state index contributed by atoms with van der Waals surface area (Å²) >= 11 is 0. The molecule has 0 aliphatic heterocycles. The first-order valence-electron chi connectivity index (χ1n) is 4.35. The summed E-state index contributed by atoms with van der Waals surface area (Å²) in [7, 11) is 1.47. The van der Waals surface area contributed by atoms with E-state index < -0.39 is 11.6 Å². The quantitative estimate of drug-likeness (QED) is 0.693. The van der Waals surface area contributed by atoms with E-state index in [2.05, 4.69) is 0 Å². The fourth-order valence-corrected chi connectivity index (χ4v) is 1.57. The lowest BCUT2D eigenvalue weighted by Gasteiger charge is -2.01. The SMILES string of the molecule is Cn1c(=O)oc2ccc(F)c(CC=O)c21. The van der Waals surface area contributed by atoms with Crippen LogP contribution in [0.2, 0.25) is 0 Å². The lowest BCUT2D eigenvalue weighted by atomic mass is 10.1. The molecule has 0 unspecified atom stereocenters. The van der Waals surface area contributed by atoms with Crippen LogP contribution in [0.15, 0.2) is 21.3 Å². The van der Waals surface area contributed by atoms with Crippen molar-refractivity contribution in [2.75, 3.05) is 0 Å². The van der Waals surface area contributed by atoms with Gasteiger partial charge in [-0.2, -0.15) is 0 Å². The van der Waals surface area contributed by atoms with Crippen molar-refractivity contribution in [1.29, 1.82) is 0 Å². The number of oxazole rings is 1. The minimum Gasteiger partial charge on any atom is -0.408 e. The molecule has 2 rings (SSSR count). The van der Waals surface area contributed by atoms with Crippen molar-refractivity contribution in [3.8, 4) is 0 Å². The summed E-state index contributed by atoms with van der Waals surface area (Å²) in [6.07, 6.45) is 0.519. The Morgan fingerprint density at radius 3 is 2.93 bits per heavy atom. The molecule has 0 saturated carbocycles. The van der Waals surface area contributed by atoms with E-state index in [4.69, 9.17) is 4.42 Å². The lowest BCUT2D eigenvalue weighted by molar-refractivity contribution is -0.107. The molecule has 0 N–H and O–H groups in total. The van der Waals surface area contributed by atoms with Crippen molar-refractivity contribution in [3.05, 3.63) is 34.1 Å². The number of carbonyl (C=O) groups excluding carboxylic acids is 1. The minimum absolute atomic E-state index is 0.0734. The number of aldehydes is 1. The summed E-state index contributed by atoms with van der Waals surface area (Å²) in [5.74, 6) is -1.08. The van der Waals surface area contributed by atoms with E-state index in [1.807, 2.05) is 0 Å². The third-order valence-electron chi connectivity index (χ3n) is 2.28. The molecule has 5 heteroatoms. The van der Waals surface area contributed by atoms with E-state index in [1.54, 1.807) is 0 Å². The summed E-state index contributed by atoms with van der Waals surface area (Å²) in [5, 5.41) is 0. The van der Waals surface area contributed by atoms with Gasteiger partial charge in [0.25, 0.3) is 0 Å². The number of aromatic nitrogens is 1. The summed E-state index contributed by atoms with van der Waals surface area (Å²) in [5.41, 5.74) is 0.823. The third kappa shape index (κ3) is 1.36. The number of halogens is 1. The number of hydrogen-bond donors (Lipinski definition) is 0. The first kappa shape index (κ1) is 9.64. The maximum absolute atomic E-state index is 13.4. The van der Waals surface area contributed by atoms with Crippen molar-refractivity contribution in [2.45, 2.75) is 6.42 Å². The summed E-state index contributed by atoms with van der Waals surface area (Å²) in [6.45, 7) is 0. The maximum Gasteiger partial charge on any atom is 0.419 e. The van der Waals surface area contributed by atoms with E-state index in [0.29, 0.717) is 17.4 Å². The molecule has 2 aromatic rings. The molecule has 0 aliphatic rings. The highest BCUT2D eigenvalue weighted by molar-refractivity contribution is 5.79. The Hall–Kier alpha value is -1.91. The number of benzene rings is 1. The molecule has 4 nitrogen and oxygen atoms in total. The van der Waals surface area contributed by atoms with Crippen molar-refractivity contribution >= 4 is 17.4 Å². The Balaban J connectivity index is 2.90. The first-order valence-corrected chi connectivity index (χ1v) is 4.35. The van der Waals surface area contributed by atoms with Gasteiger partial charge in [-0.25, -0.2) is 9.18 Å². The lowest BCUT2D eigenvalue weighted by Crippen LogP contribution is -2.10. The van der Waals surface area contributed by atoms with Gasteiger partial charge in [-0.1, -0.05) is 0 Å². The van der Waals surface area contributed by atoms with Gasteiger partial charge in [-0.05, 0) is 12.1 Å². The van der Waals surface area contributed by atoms with Crippen molar-refractivity contribution in [2.24, 2.45) is 7.05 Å². The normalized spacial score (nSPS) is 10.8. The molecule has 15 heavy (non-hydrogen) atoms. The Kier molecular flexibility index (Phi) is 2.15. The molecule has 0 fully saturated rings. The summed E-state index contributed by atoms with van der Waals surface area (Å²) in [6, 6.07) is 2.56. The van der Waals surface area contributed by atoms with Crippen LogP contribution in [-0.4, -0.2) is 10.9 Å². The average molecular weight is 209 g/mol. The van der Waals surface area contributed by atoms with Gasteiger partial charge in [0.15, 0.2) is 5.58 Å². The molecule has 0 radical (unpaired) electrons. The van der Waals surface area contributed by atoms with E-state index >= 15 is 0 Å². The van der Waals surface area contributed by atoms with Crippen LogP contribution in [0.25, 0.3) is 11.1 Å². The van der Waals surface area contributed by atoms with Gasteiger partial charge >= 0.3 is 5.76 Å². The van der Waals surface area contributed by atoms with Gasteiger partial charge in [-0.3, -0.25) is 4.57 Å². The molecule has 78 valence electrons. The predicted molar refractivity (Wildman–Crippen MR) is 51.2 cm³/mol. The number of aryl methyl sites for hydroxylation is 1. The predicted octanol–water partition coefficient (Wildman–Crippen LogP) is 1.01. The number of fused-ring (bicyclic) bond motifs is 1. The molecule has 0 spiro atoms. The number of nitrogens with zero attached hydrogens (tertiary/aromatic N) is 1. The number of carbonyl (C=O) groups is 1. The molecule has 0 atom stereocenters. The van der Waals surface area contributed by atoms with Crippen LogP contribution < -0.4 is 5.76 Å². The van der Waals surface area contributed by atoms with Crippen LogP contribution in [-0.2, 0) is 18.3 Å². The Labute approximate surface area is 83.9 Å². The minimum atomic E-state index is -0.567. The zero-order chi connectivity index (χ0) is 11.0. The fourth-order valence-electron chi connectivity index (χ4n) is 1.57. The van der Waals surface area contributed by atoms with Crippen LogP contribution in [0.5, 0.6) is 0 Å². The molecule has 1 aromatic heterocycles. The van der Waals surface area contributed by atoms with Gasteiger partial charge in [0.2, 0.25) is 0 Å². The molecule has 1 aromatic carbocycles. The Morgan fingerprint density at radius 1 is 1.53 bits per heavy atom. The van der Waals surface area contributed by atoms with E-state index in [1.165, 1.54) is 23.7 Å². The maximum atomic E-state index is 13.4. The van der Waals surface area contributed by atoms with E-state index in [0.717, 1.165) is 0 Å². The zero-order valence-corrected chi connectivity index (χ0v) is 7.99. The second kappa shape index (κ2) is 3.34. The van der Waals surface area contributed by atoms with Crippen LogP contribution in [0.3, 0.4) is 0 Å². The molecule has 1 heterocycles. The zero-order valence-electron chi connectivity index (χ0n) is 7.99. The molecule has 0 amide bonds. The highest BCUT2D eigenvalue weighted by atomic mass is 19.1. The van der Waals surface area contributed by atoms with Gasteiger partial charge in [-0.15, -0.1) is 0 Å². The average Bonchev–Trinajstić information content (AvgIpc) is 2.49. The van der Waals surface area contributed by atoms with Gasteiger partial charge in [0.05, 0.1) is 5.52 Å². The molecular formula is C10H8FNO3. The second-order valence-corrected chi connectivity index (χ2v) is 3.17. The molecule has 0 aliphatic carbocycles. The van der Waals surface area contributed by atoms with Gasteiger partial charge in [0.1, 0.15) is 12.1 Å². The van der Waals surface area contributed by atoms with Crippen molar-refractivity contribution < 1.29 is 13.6 Å². The van der Waals surface area contributed by atoms with Gasteiger partial charge < -0.3 is 9.21 Å². The standard InChI is InChI=1S/C10H8FNO3/c1-12-9-6(4-5-13)7(11)2-3-8(9)15-10(12)14/h2-3,5H,4H2,1H3. The molecule has 0 bridgehead atoms. The summed E-state index contributed by atoms with van der Waals surface area (Å²) < 4.78 is 19.4. The van der Waals surface area contributed by atoms with Gasteiger partial charge in [0, 0.05) is 19.0 Å². The fraction of sp³-hybridized carbons (Fsp3) is 0.200. The highest BCUT2D eigenvalue weighted by Gasteiger charge is 2.14. The third-order valence-corrected chi connectivity index (χ3v) is 2.28. The molecule has 0 saturated heterocycles. The van der Waals surface area contributed by atoms with Crippen LogP contribution in [0.1, 0.15) is 5.56 Å². The van der Waals surface area contributed by atoms with Crippen LogP contribution in [0, 0.1) is 5.82 Å². The second-order valence-electron chi connectivity index (χ2n) is 3.17. The van der Waals surface area contributed by atoms with Crippen LogP contribution in [0.4, 0.5) is 4.39 Å². The highest BCUT2D eigenvalue weighted by Crippen LogP contribution is 2.20. The summed E-state index contributed by atoms with van der Waals surface area (Å²) in [4.78, 5) is 21.6. The van der Waals surface area contributed by atoms with E-state index in [9.17, 15) is 14.0 Å². The van der Waals surface area contributed by atoms with E-state index in [-0.39, 0.29) is 12.0 Å². The van der Waals surface area contributed by atoms with Crippen molar-refractivity contribution in [1.82, 2.24) is 4.57 Å². The monoisotopic (exact) mass is 209 g/mol. The topological polar surface area (TPSA) is 52.2 Å².